The van der Waals surface area contributed by atoms with E-state index in [1.807, 2.05) is 48.5 Å². The van der Waals surface area contributed by atoms with Crippen molar-refractivity contribution in [3.63, 3.8) is 0 Å². The van der Waals surface area contributed by atoms with Gasteiger partial charge in [0.15, 0.2) is 0 Å². The molecule has 0 bridgehead atoms. The molecular formula is C17H15BrO3. The second-order valence-corrected chi connectivity index (χ2v) is 5.22. The minimum atomic E-state index is -0.388. The van der Waals surface area contributed by atoms with Gasteiger partial charge in [-0.05, 0) is 29.8 Å². The molecule has 0 aliphatic rings. The monoisotopic (exact) mass is 346 g/mol. The molecule has 108 valence electrons. The van der Waals surface area contributed by atoms with Crippen LogP contribution in [-0.2, 0) is 16.1 Å². The molecule has 0 spiro atoms. The number of hydrogen-bond acceptors (Lipinski definition) is 3. The fourth-order valence-electron chi connectivity index (χ4n) is 1.79. The Kier molecular flexibility index (Phi) is 5.58. The van der Waals surface area contributed by atoms with Gasteiger partial charge in [-0.3, -0.25) is 0 Å². The molecule has 0 N–H and O–H groups in total. The van der Waals surface area contributed by atoms with Gasteiger partial charge in [0.05, 0.1) is 7.11 Å². The number of carbonyl (C=O) groups excluding carboxylic acids is 1. The Balaban J connectivity index is 1.95. The number of benzene rings is 2. The smallest absolute Gasteiger partial charge is 0.331 e. The molecule has 0 aliphatic carbocycles. The number of esters is 1. The van der Waals surface area contributed by atoms with Crippen LogP contribution < -0.4 is 4.74 Å². The lowest BCUT2D eigenvalue weighted by Gasteiger charge is -2.08. The summed E-state index contributed by atoms with van der Waals surface area (Å²) < 4.78 is 11.4. The zero-order valence-corrected chi connectivity index (χ0v) is 13.2. The molecule has 0 radical (unpaired) electrons. The second-order valence-electron chi connectivity index (χ2n) is 4.31. The molecule has 0 heterocycles. The lowest BCUT2D eigenvalue weighted by Crippen LogP contribution is -2.02. The molecule has 0 saturated heterocycles. The van der Waals surface area contributed by atoms with E-state index < -0.39 is 0 Å². The zero-order valence-electron chi connectivity index (χ0n) is 11.6. The number of carbonyl (C=O) groups is 1. The van der Waals surface area contributed by atoms with Crippen molar-refractivity contribution in [1.29, 1.82) is 0 Å². The van der Waals surface area contributed by atoms with E-state index in [2.05, 4.69) is 15.9 Å². The van der Waals surface area contributed by atoms with E-state index in [1.165, 1.54) is 6.08 Å². The maximum Gasteiger partial charge on any atom is 0.331 e. The molecule has 4 heteroatoms. The summed E-state index contributed by atoms with van der Waals surface area (Å²) in [5, 5.41) is 0. The van der Waals surface area contributed by atoms with Gasteiger partial charge in [0.2, 0.25) is 0 Å². The minimum absolute atomic E-state index is 0.167. The summed E-state index contributed by atoms with van der Waals surface area (Å²) in [5.74, 6) is 0.305. The van der Waals surface area contributed by atoms with Crippen molar-refractivity contribution in [3.8, 4) is 5.75 Å². The first-order chi connectivity index (χ1) is 10.2. The fraction of sp³-hybridized carbons (Fsp3) is 0.118. The van der Waals surface area contributed by atoms with Crippen LogP contribution in [0.5, 0.6) is 5.75 Å². The van der Waals surface area contributed by atoms with E-state index in [-0.39, 0.29) is 12.6 Å². The summed E-state index contributed by atoms with van der Waals surface area (Å²) in [6.07, 6.45) is 3.14. The van der Waals surface area contributed by atoms with Gasteiger partial charge < -0.3 is 9.47 Å². The Morgan fingerprint density at radius 1 is 1.19 bits per heavy atom. The van der Waals surface area contributed by atoms with Crippen molar-refractivity contribution in [2.45, 2.75) is 6.61 Å². The van der Waals surface area contributed by atoms with Crippen molar-refractivity contribution in [1.82, 2.24) is 0 Å². The van der Waals surface area contributed by atoms with Crippen molar-refractivity contribution in [3.05, 3.63) is 70.2 Å². The molecule has 0 aromatic heterocycles. The van der Waals surface area contributed by atoms with Crippen LogP contribution in [0.15, 0.2) is 59.1 Å². The highest BCUT2D eigenvalue weighted by Gasteiger charge is 2.06. The number of methoxy groups -OCH3 is 1. The van der Waals surface area contributed by atoms with E-state index >= 15 is 0 Å². The van der Waals surface area contributed by atoms with Crippen LogP contribution in [0, 0.1) is 0 Å². The number of hydrogen-bond donors (Lipinski definition) is 0. The van der Waals surface area contributed by atoms with E-state index in [4.69, 9.17) is 9.47 Å². The summed E-state index contributed by atoms with van der Waals surface area (Å²) in [6, 6.07) is 15.2. The van der Waals surface area contributed by atoms with Crippen molar-refractivity contribution in [2.75, 3.05) is 7.11 Å². The highest BCUT2D eigenvalue weighted by Crippen LogP contribution is 2.23. The minimum Gasteiger partial charge on any atom is -0.496 e. The first-order valence-electron chi connectivity index (χ1n) is 6.41. The SMILES string of the molecule is COc1ccc(Br)cc1COC(=O)C=Cc1ccccc1. The lowest BCUT2D eigenvalue weighted by molar-refractivity contribution is -0.138. The maximum atomic E-state index is 11.7. The molecule has 2 rings (SSSR count). The van der Waals surface area contributed by atoms with Gasteiger partial charge in [0.1, 0.15) is 12.4 Å². The van der Waals surface area contributed by atoms with Gasteiger partial charge in [0, 0.05) is 16.1 Å². The normalized spacial score (nSPS) is 10.6. The van der Waals surface area contributed by atoms with E-state index in [0.29, 0.717) is 5.75 Å². The van der Waals surface area contributed by atoms with Crippen LogP contribution in [0.4, 0.5) is 0 Å². The van der Waals surface area contributed by atoms with Crippen LogP contribution in [-0.4, -0.2) is 13.1 Å². The molecule has 0 unspecified atom stereocenters. The fourth-order valence-corrected chi connectivity index (χ4v) is 2.19. The quantitative estimate of drug-likeness (QED) is 0.600. The van der Waals surface area contributed by atoms with Crippen LogP contribution in [0.3, 0.4) is 0 Å². The molecule has 0 atom stereocenters. The Hall–Kier alpha value is -2.07. The Morgan fingerprint density at radius 2 is 1.95 bits per heavy atom. The Morgan fingerprint density at radius 3 is 2.67 bits per heavy atom. The first kappa shape index (κ1) is 15.3. The predicted molar refractivity (Wildman–Crippen MR) is 86.0 cm³/mol. The highest BCUT2D eigenvalue weighted by atomic mass is 79.9. The average Bonchev–Trinajstić information content (AvgIpc) is 2.52. The van der Waals surface area contributed by atoms with Crippen molar-refractivity contribution < 1.29 is 14.3 Å². The molecule has 2 aromatic carbocycles. The maximum absolute atomic E-state index is 11.7. The standard InChI is InChI=1S/C17H15BrO3/c1-20-16-9-8-15(18)11-14(16)12-21-17(19)10-7-13-5-3-2-4-6-13/h2-11H,12H2,1H3. The predicted octanol–water partition coefficient (Wildman–Crippen LogP) is 4.21. The zero-order chi connectivity index (χ0) is 15.1. The van der Waals surface area contributed by atoms with E-state index in [1.54, 1.807) is 13.2 Å². The van der Waals surface area contributed by atoms with Crippen molar-refractivity contribution >= 4 is 28.0 Å². The van der Waals surface area contributed by atoms with Gasteiger partial charge in [-0.1, -0.05) is 46.3 Å². The number of halogens is 1. The van der Waals surface area contributed by atoms with Gasteiger partial charge in [-0.25, -0.2) is 4.79 Å². The summed E-state index contributed by atoms with van der Waals surface area (Å²) in [6.45, 7) is 0.167. The molecule has 3 nitrogen and oxygen atoms in total. The average molecular weight is 347 g/mol. The molecule has 21 heavy (non-hydrogen) atoms. The van der Waals surface area contributed by atoms with Crippen LogP contribution in [0.1, 0.15) is 11.1 Å². The molecular weight excluding hydrogens is 332 g/mol. The van der Waals surface area contributed by atoms with Crippen LogP contribution in [0.2, 0.25) is 0 Å². The topological polar surface area (TPSA) is 35.5 Å². The lowest BCUT2D eigenvalue weighted by atomic mass is 10.2. The molecule has 0 amide bonds. The Bertz CT molecular complexity index is 636. The first-order valence-corrected chi connectivity index (χ1v) is 7.20. The van der Waals surface area contributed by atoms with Crippen molar-refractivity contribution in [2.24, 2.45) is 0 Å². The second kappa shape index (κ2) is 7.64. The van der Waals surface area contributed by atoms with Gasteiger partial charge in [0.25, 0.3) is 0 Å². The van der Waals surface area contributed by atoms with Gasteiger partial charge >= 0.3 is 5.97 Å². The van der Waals surface area contributed by atoms with Gasteiger partial charge in [-0.2, -0.15) is 0 Å². The third-order valence-electron chi connectivity index (χ3n) is 2.82. The molecule has 0 aliphatic heterocycles. The molecule has 0 saturated carbocycles. The largest absolute Gasteiger partial charge is 0.496 e. The van der Waals surface area contributed by atoms with Crippen LogP contribution in [0.25, 0.3) is 6.08 Å². The molecule has 0 fully saturated rings. The van der Waals surface area contributed by atoms with Gasteiger partial charge in [-0.15, -0.1) is 0 Å². The highest BCUT2D eigenvalue weighted by molar-refractivity contribution is 9.10. The third kappa shape index (κ3) is 4.76. The Labute approximate surface area is 132 Å². The molecule has 2 aromatic rings. The van der Waals surface area contributed by atoms with Crippen LogP contribution >= 0.6 is 15.9 Å². The summed E-state index contributed by atoms with van der Waals surface area (Å²) >= 11 is 3.38. The van der Waals surface area contributed by atoms with E-state index in [9.17, 15) is 4.79 Å². The number of rotatable bonds is 5. The number of ether oxygens (including phenoxy) is 2. The third-order valence-corrected chi connectivity index (χ3v) is 3.32. The summed E-state index contributed by atoms with van der Waals surface area (Å²) in [7, 11) is 1.59. The summed E-state index contributed by atoms with van der Waals surface area (Å²) in [5.41, 5.74) is 1.77. The summed E-state index contributed by atoms with van der Waals surface area (Å²) in [4.78, 5) is 11.7. The van der Waals surface area contributed by atoms with E-state index in [0.717, 1.165) is 15.6 Å².